The maximum Gasteiger partial charge on any atom is 0.00989 e. The van der Waals surface area contributed by atoms with E-state index in [1.165, 1.54) is 50.5 Å². The first kappa shape index (κ1) is 11.8. The van der Waals surface area contributed by atoms with Gasteiger partial charge in [0.25, 0.3) is 0 Å². The van der Waals surface area contributed by atoms with Crippen molar-refractivity contribution in [3.63, 3.8) is 0 Å². The SMILES string of the molecule is C=C(C)CCC(N)C12CC3CC(CC(C3)C1)C2. The van der Waals surface area contributed by atoms with Crippen molar-refractivity contribution in [1.29, 1.82) is 0 Å². The fraction of sp³-hybridized carbons (Fsp3) is 0.875. The Morgan fingerprint density at radius 2 is 1.65 bits per heavy atom. The van der Waals surface area contributed by atoms with Gasteiger partial charge in [-0.2, -0.15) is 0 Å². The molecule has 4 fully saturated rings. The lowest BCUT2D eigenvalue weighted by atomic mass is 9.47. The molecule has 17 heavy (non-hydrogen) atoms. The van der Waals surface area contributed by atoms with E-state index in [1.54, 1.807) is 0 Å². The Hall–Kier alpha value is -0.300. The standard InChI is InChI=1S/C16H27N/c1-11(2)3-4-15(17)16-8-12-5-13(9-16)7-14(6-12)10-16/h12-15H,1,3-10,17H2,2H3. The summed E-state index contributed by atoms with van der Waals surface area (Å²) in [6.07, 6.45) is 11.2. The van der Waals surface area contributed by atoms with Gasteiger partial charge >= 0.3 is 0 Å². The molecule has 4 rings (SSSR count). The summed E-state index contributed by atoms with van der Waals surface area (Å²) < 4.78 is 0. The summed E-state index contributed by atoms with van der Waals surface area (Å²) in [7, 11) is 0. The monoisotopic (exact) mass is 233 g/mol. The zero-order valence-corrected chi connectivity index (χ0v) is 11.3. The van der Waals surface area contributed by atoms with Crippen LogP contribution in [0.1, 0.15) is 58.3 Å². The minimum atomic E-state index is 0.438. The van der Waals surface area contributed by atoms with Crippen molar-refractivity contribution in [3.8, 4) is 0 Å². The number of hydrogen-bond acceptors (Lipinski definition) is 1. The van der Waals surface area contributed by atoms with E-state index >= 15 is 0 Å². The molecule has 0 aliphatic heterocycles. The van der Waals surface area contributed by atoms with E-state index in [4.69, 9.17) is 5.73 Å². The van der Waals surface area contributed by atoms with Crippen LogP contribution in [0, 0.1) is 23.2 Å². The molecule has 2 N–H and O–H groups in total. The molecule has 4 aliphatic carbocycles. The molecule has 0 aromatic rings. The molecule has 96 valence electrons. The van der Waals surface area contributed by atoms with E-state index in [0.29, 0.717) is 11.5 Å². The average molecular weight is 233 g/mol. The highest BCUT2D eigenvalue weighted by Gasteiger charge is 2.52. The van der Waals surface area contributed by atoms with Gasteiger partial charge in [0, 0.05) is 6.04 Å². The normalized spacial score (nSPS) is 44.9. The molecule has 1 unspecified atom stereocenters. The van der Waals surface area contributed by atoms with E-state index in [9.17, 15) is 0 Å². The number of allylic oxidation sites excluding steroid dienone is 1. The van der Waals surface area contributed by atoms with Crippen molar-refractivity contribution in [2.45, 2.75) is 64.3 Å². The molecular formula is C16H27N. The molecular weight excluding hydrogens is 206 g/mol. The van der Waals surface area contributed by atoms with Crippen LogP contribution >= 0.6 is 0 Å². The van der Waals surface area contributed by atoms with E-state index in [-0.39, 0.29) is 0 Å². The number of hydrogen-bond donors (Lipinski definition) is 1. The molecule has 0 radical (unpaired) electrons. The number of nitrogens with two attached hydrogens (primary N) is 1. The van der Waals surface area contributed by atoms with Gasteiger partial charge in [0.1, 0.15) is 0 Å². The van der Waals surface area contributed by atoms with Crippen LogP contribution in [-0.4, -0.2) is 6.04 Å². The van der Waals surface area contributed by atoms with Crippen LogP contribution in [0.3, 0.4) is 0 Å². The summed E-state index contributed by atoms with van der Waals surface area (Å²) in [4.78, 5) is 0. The van der Waals surface area contributed by atoms with Crippen molar-refractivity contribution in [1.82, 2.24) is 0 Å². The van der Waals surface area contributed by atoms with Gasteiger partial charge in [0.15, 0.2) is 0 Å². The molecule has 0 aromatic carbocycles. The highest BCUT2D eigenvalue weighted by atomic mass is 14.7. The van der Waals surface area contributed by atoms with Crippen molar-refractivity contribution >= 4 is 0 Å². The first-order chi connectivity index (χ1) is 8.07. The van der Waals surface area contributed by atoms with Gasteiger partial charge in [-0.15, -0.1) is 6.58 Å². The molecule has 1 nitrogen and oxygen atoms in total. The largest absolute Gasteiger partial charge is 0.327 e. The van der Waals surface area contributed by atoms with E-state index in [2.05, 4.69) is 13.5 Å². The molecule has 1 atom stereocenters. The van der Waals surface area contributed by atoms with Crippen molar-refractivity contribution < 1.29 is 0 Å². The Kier molecular flexibility index (Phi) is 2.85. The van der Waals surface area contributed by atoms with Crippen molar-refractivity contribution in [2.75, 3.05) is 0 Å². The summed E-state index contributed by atoms with van der Waals surface area (Å²) in [5.74, 6) is 3.08. The smallest absolute Gasteiger partial charge is 0.00989 e. The minimum Gasteiger partial charge on any atom is -0.327 e. The van der Waals surface area contributed by atoms with E-state index in [0.717, 1.165) is 24.2 Å². The van der Waals surface area contributed by atoms with Crippen LogP contribution < -0.4 is 5.73 Å². The van der Waals surface area contributed by atoms with Gasteiger partial charge in [-0.25, -0.2) is 0 Å². The fourth-order valence-electron chi connectivity index (χ4n) is 5.34. The summed E-state index contributed by atoms with van der Waals surface area (Å²) >= 11 is 0. The third kappa shape index (κ3) is 2.07. The van der Waals surface area contributed by atoms with E-state index in [1.807, 2.05) is 0 Å². The minimum absolute atomic E-state index is 0.438. The van der Waals surface area contributed by atoms with Crippen LogP contribution in [0.15, 0.2) is 12.2 Å². The third-order valence-electron chi connectivity index (χ3n) is 5.75. The molecule has 4 aliphatic rings. The molecule has 1 heteroatoms. The van der Waals surface area contributed by atoms with Gasteiger partial charge in [-0.05, 0) is 81.5 Å². The Labute approximate surface area is 106 Å². The topological polar surface area (TPSA) is 26.0 Å². The van der Waals surface area contributed by atoms with Gasteiger partial charge < -0.3 is 5.73 Å². The predicted molar refractivity (Wildman–Crippen MR) is 72.6 cm³/mol. The lowest BCUT2D eigenvalue weighted by Gasteiger charge is -2.59. The van der Waals surface area contributed by atoms with Crippen LogP contribution in [0.2, 0.25) is 0 Å². The predicted octanol–water partition coefficient (Wildman–Crippen LogP) is 3.89. The fourth-order valence-corrected chi connectivity index (χ4v) is 5.34. The van der Waals surface area contributed by atoms with Crippen LogP contribution in [-0.2, 0) is 0 Å². The Balaban J connectivity index is 1.70. The second kappa shape index (κ2) is 4.12. The lowest BCUT2D eigenvalue weighted by molar-refractivity contribution is -0.0680. The lowest BCUT2D eigenvalue weighted by Crippen LogP contribution is -2.54. The second-order valence-electron chi connectivity index (χ2n) is 7.38. The third-order valence-corrected chi connectivity index (χ3v) is 5.75. The maximum atomic E-state index is 6.58. The van der Waals surface area contributed by atoms with Gasteiger partial charge in [-0.3, -0.25) is 0 Å². The first-order valence-corrected chi connectivity index (χ1v) is 7.47. The Morgan fingerprint density at radius 1 is 1.18 bits per heavy atom. The highest BCUT2D eigenvalue weighted by Crippen LogP contribution is 2.61. The molecule has 4 bridgehead atoms. The Morgan fingerprint density at radius 3 is 2.06 bits per heavy atom. The van der Waals surface area contributed by atoms with Crippen LogP contribution in [0.5, 0.6) is 0 Å². The van der Waals surface area contributed by atoms with Crippen molar-refractivity contribution in [3.05, 3.63) is 12.2 Å². The maximum absolute atomic E-state index is 6.58. The van der Waals surface area contributed by atoms with Gasteiger partial charge in [-0.1, -0.05) is 5.57 Å². The molecule has 0 spiro atoms. The summed E-state index contributed by atoms with van der Waals surface area (Å²) in [6.45, 7) is 6.15. The number of rotatable bonds is 4. The molecule has 4 saturated carbocycles. The molecule has 0 amide bonds. The molecule has 0 heterocycles. The highest BCUT2D eigenvalue weighted by molar-refractivity contribution is 5.06. The summed E-state index contributed by atoms with van der Waals surface area (Å²) in [5.41, 5.74) is 8.41. The van der Waals surface area contributed by atoms with Crippen molar-refractivity contribution in [2.24, 2.45) is 28.9 Å². The van der Waals surface area contributed by atoms with Gasteiger partial charge in [0.2, 0.25) is 0 Å². The second-order valence-corrected chi connectivity index (χ2v) is 7.38. The zero-order chi connectivity index (χ0) is 12.0. The quantitative estimate of drug-likeness (QED) is 0.733. The van der Waals surface area contributed by atoms with Crippen LogP contribution in [0.4, 0.5) is 0 Å². The van der Waals surface area contributed by atoms with E-state index < -0.39 is 0 Å². The first-order valence-electron chi connectivity index (χ1n) is 7.47. The molecule has 0 aromatic heterocycles. The van der Waals surface area contributed by atoms with Crippen LogP contribution in [0.25, 0.3) is 0 Å². The summed E-state index contributed by atoms with van der Waals surface area (Å²) in [6, 6.07) is 0.438. The summed E-state index contributed by atoms with van der Waals surface area (Å²) in [5, 5.41) is 0. The Bertz CT molecular complexity index is 282. The average Bonchev–Trinajstić information content (AvgIpc) is 2.23. The molecule has 0 saturated heterocycles. The zero-order valence-electron chi connectivity index (χ0n) is 11.3. The van der Waals surface area contributed by atoms with Gasteiger partial charge in [0.05, 0.1) is 0 Å².